The summed E-state index contributed by atoms with van der Waals surface area (Å²) in [6.07, 6.45) is 2.30. The van der Waals surface area contributed by atoms with E-state index >= 15 is 0 Å². The minimum absolute atomic E-state index is 0.358. The van der Waals surface area contributed by atoms with E-state index in [1.807, 2.05) is 6.92 Å². The lowest BCUT2D eigenvalue weighted by atomic mass is 10.1. The Morgan fingerprint density at radius 2 is 1.89 bits per heavy atom. The zero-order valence-corrected chi connectivity index (χ0v) is 10.8. The Kier molecular flexibility index (Phi) is 2.92. The van der Waals surface area contributed by atoms with Crippen LogP contribution in [0, 0.1) is 6.92 Å². The second-order valence-corrected chi connectivity index (χ2v) is 5.06. The summed E-state index contributed by atoms with van der Waals surface area (Å²) in [7, 11) is 2.17. The Labute approximate surface area is 107 Å². The molecule has 0 unspecified atom stereocenters. The van der Waals surface area contributed by atoms with E-state index in [2.05, 4.69) is 53.5 Å². The maximum absolute atomic E-state index is 5.41. The molecule has 0 saturated carbocycles. The summed E-state index contributed by atoms with van der Waals surface area (Å²) >= 11 is 0. The highest BCUT2D eigenvalue weighted by Gasteiger charge is 2.34. The minimum atomic E-state index is 0.358. The molecule has 0 aliphatic carbocycles. The molecule has 1 saturated heterocycles. The lowest BCUT2D eigenvalue weighted by Crippen LogP contribution is -2.21. The van der Waals surface area contributed by atoms with Gasteiger partial charge in [-0.05, 0) is 32.4 Å². The van der Waals surface area contributed by atoms with Gasteiger partial charge in [-0.25, -0.2) is 0 Å². The summed E-state index contributed by atoms with van der Waals surface area (Å²) in [5.74, 6) is 0.994. The second-order valence-electron chi connectivity index (χ2n) is 5.06. The van der Waals surface area contributed by atoms with E-state index in [1.165, 1.54) is 12.0 Å². The van der Waals surface area contributed by atoms with Crippen LogP contribution < -0.4 is 0 Å². The van der Waals surface area contributed by atoms with Gasteiger partial charge < -0.3 is 4.52 Å². The maximum atomic E-state index is 5.41. The monoisotopic (exact) mass is 242 g/mol. The molecule has 1 aliphatic rings. The first kappa shape index (κ1) is 11.5. The third kappa shape index (κ3) is 1.95. The first-order valence-electron chi connectivity index (χ1n) is 6.46. The summed E-state index contributed by atoms with van der Waals surface area (Å²) < 4.78 is 5.41. The van der Waals surface area contributed by atoms with Gasteiger partial charge in [0.2, 0.25) is 0 Å². The molecule has 0 bridgehead atoms. The molecule has 2 heterocycles. The molecule has 1 aromatic heterocycles. The van der Waals surface area contributed by atoms with Gasteiger partial charge in [-0.1, -0.05) is 35.5 Å². The van der Waals surface area contributed by atoms with E-state index in [1.54, 1.807) is 0 Å². The van der Waals surface area contributed by atoms with Crippen LogP contribution >= 0.6 is 0 Å². The van der Waals surface area contributed by atoms with E-state index in [9.17, 15) is 0 Å². The molecular weight excluding hydrogens is 224 g/mol. The molecule has 3 nitrogen and oxygen atoms in total. The molecule has 3 rings (SSSR count). The summed E-state index contributed by atoms with van der Waals surface area (Å²) in [6.45, 7) is 1.97. The quantitative estimate of drug-likeness (QED) is 0.807. The predicted octanol–water partition coefficient (Wildman–Crippen LogP) is 3.49. The highest BCUT2D eigenvalue weighted by atomic mass is 16.5. The highest BCUT2D eigenvalue weighted by molar-refractivity contribution is 5.22. The number of aromatic nitrogens is 1. The maximum Gasteiger partial charge on any atom is 0.154 e. The number of rotatable bonds is 2. The number of hydrogen-bond donors (Lipinski definition) is 0. The SMILES string of the molecule is Cc1cc([C@@H]2CC[C@@H](c3ccccc3)N2C)on1. The van der Waals surface area contributed by atoms with E-state index in [-0.39, 0.29) is 0 Å². The van der Waals surface area contributed by atoms with Crippen LogP contribution in [0.1, 0.15) is 41.9 Å². The molecule has 2 aromatic rings. The number of likely N-dealkylation sites (tertiary alicyclic amines) is 1. The Morgan fingerprint density at radius 1 is 1.17 bits per heavy atom. The van der Waals surface area contributed by atoms with Crippen LogP contribution in [0.5, 0.6) is 0 Å². The standard InChI is InChI=1S/C15H18N2O/c1-11-10-15(18-16-11)14-9-8-13(17(14)2)12-6-4-3-5-7-12/h3-7,10,13-14H,8-9H2,1-2H3/t13-,14-/m0/s1. The van der Waals surface area contributed by atoms with Crippen LogP contribution in [0.3, 0.4) is 0 Å². The molecule has 0 amide bonds. The van der Waals surface area contributed by atoms with Crippen LogP contribution in [0.25, 0.3) is 0 Å². The van der Waals surface area contributed by atoms with E-state index < -0.39 is 0 Å². The molecule has 3 heteroatoms. The van der Waals surface area contributed by atoms with Crippen LogP contribution in [0.4, 0.5) is 0 Å². The van der Waals surface area contributed by atoms with Crippen LogP contribution in [0.15, 0.2) is 40.9 Å². The van der Waals surface area contributed by atoms with Crippen molar-refractivity contribution in [2.24, 2.45) is 0 Å². The summed E-state index contributed by atoms with van der Waals surface area (Å²) in [5, 5.41) is 3.99. The lowest BCUT2D eigenvalue weighted by molar-refractivity contribution is 0.207. The van der Waals surface area contributed by atoms with Crippen molar-refractivity contribution in [3.05, 3.63) is 53.4 Å². The molecular formula is C15H18N2O. The third-order valence-electron chi connectivity index (χ3n) is 3.86. The fourth-order valence-corrected chi connectivity index (χ4v) is 2.90. The molecule has 0 N–H and O–H groups in total. The van der Waals surface area contributed by atoms with Crippen LogP contribution in [0.2, 0.25) is 0 Å². The topological polar surface area (TPSA) is 29.3 Å². The van der Waals surface area contributed by atoms with Crippen molar-refractivity contribution in [1.29, 1.82) is 0 Å². The highest BCUT2D eigenvalue weighted by Crippen LogP contribution is 2.42. The van der Waals surface area contributed by atoms with Crippen molar-refractivity contribution >= 4 is 0 Å². The average molecular weight is 242 g/mol. The predicted molar refractivity (Wildman–Crippen MR) is 70.2 cm³/mol. The largest absolute Gasteiger partial charge is 0.359 e. The van der Waals surface area contributed by atoms with Crippen molar-refractivity contribution in [1.82, 2.24) is 10.1 Å². The van der Waals surface area contributed by atoms with Gasteiger partial charge in [0.1, 0.15) is 0 Å². The molecule has 1 aliphatic heterocycles. The van der Waals surface area contributed by atoms with Gasteiger partial charge in [-0.3, -0.25) is 4.90 Å². The smallest absolute Gasteiger partial charge is 0.154 e. The van der Waals surface area contributed by atoms with Gasteiger partial charge in [0, 0.05) is 12.1 Å². The molecule has 94 valence electrons. The van der Waals surface area contributed by atoms with Crippen molar-refractivity contribution in [3.63, 3.8) is 0 Å². The van der Waals surface area contributed by atoms with Crippen LogP contribution in [-0.4, -0.2) is 17.1 Å². The first-order valence-corrected chi connectivity index (χ1v) is 6.46. The summed E-state index contributed by atoms with van der Waals surface area (Å²) in [6, 6.07) is 13.6. The Balaban J connectivity index is 1.83. The van der Waals surface area contributed by atoms with E-state index in [4.69, 9.17) is 4.52 Å². The van der Waals surface area contributed by atoms with Crippen molar-refractivity contribution in [3.8, 4) is 0 Å². The van der Waals surface area contributed by atoms with E-state index in [0.717, 1.165) is 17.9 Å². The number of hydrogen-bond acceptors (Lipinski definition) is 3. The minimum Gasteiger partial charge on any atom is -0.359 e. The van der Waals surface area contributed by atoms with Gasteiger partial charge in [0.25, 0.3) is 0 Å². The summed E-state index contributed by atoms with van der Waals surface area (Å²) in [4.78, 5) is 2.40. The van der Waals surface area contributed by atoms with Gasteiger partial charge in [-0.15, -0.1) is 0 Å². The zero-order valence-electron chi connectivity index (χ0n) is 10.8. The first-order chi connectivity index (χ1) is 8.75. The van der Waals surface area contributed by atoms with Crippen molar-refractivity contribution < 1.29 is 4.52 Å². The van der Waals surface area contributed by atoms with Crippen LogP contribution in [-0.2, 0) is 0 Å². The Bertz CT molecular complexity index is 520. The van der Waals surface area contributed by atoms with Gasteiger partial charge in [0.15, 0.2) is 5.76 Å². The molecule has 0 spiro atoms. The third-order valence-corrected chi connectivity index (χ3v) is 3.86. The zero-order chi connectivity index (χ0) is 12.5. The van der Waals surface area contributed by atoms with Gasteiger partial charge in [-0.2, -0.15) is 0 Å². The average Bonchev–Trinajstić information content (AvgIpc) is 2.97. The van der Waals surface area contributed by atoms with Gasteiger partial charge in [0.05, 0.1) is 11.7 Å². The second kappa shape index (κ2) is 4.58. The van der Waals surface area contributed by atoms with Crippen molar-refractivity contribution in [2.45, 2.75) is 31.8 Å². The van der Waals surface area contributed by atoms with Gasteiger partial charge >= 0.3 is 0 Å². The Hall–Kier alpha value is -1.61. The summed E-state index contributed by atoms with van der Waals surface area (Å²) in [5.41, 5.74) is 2.35. The molecule has 1 fully saturated rings. The number of benzene rings is 1. The fourth-order valence-electron chi connectivity index (χ4n) is 2.90. The lowest BCUT2D eigenvalue weighted by Gasteiger charge is -2.24. The van der Waals surface area contributed by atoms with Crippen molar-refractivity contribution in [2.75, 3.05) is 7.05 Å². The fraction of sp³-hybridized carbons (Fsp3) is 0.400. The number of aryl methyl sites for hydroxylation is 1. The Morgan fingerprint density at radius 3 is 2.56 bits per heavy atom. The molecule has 1 aromatic carbocycles. The number of nitrogens with zero attached hydrogens (tertiary/aromatic N) is 2. The normalized spacial score (nSPS) is 24.6. The molecule has 0 radical (unpaired) electrons. The molecule has 18 heavy (non-hydrogen) atoms. The molecule has 2 atom stereocenters. The van der Waals surface area contributed by atoms with E-state index in [0.29, 0.717) is 12.1 Å².